The normalized spacial score (nSPS) is 13.7. The number of carboxylic acids is 1. The molecule has 1 aromatic carbocycles. The molecule has 3 N–H and O–H groups in total. The number of amides is 3. The summed E-state index contributed by atoms with van der Waals surface area (Å²) in [5.41, 5.74) is 0.857. The Morgan fingerprint density at radius 3 is 2.56 bits per heavy atom. The molecule has 1 aliphatic rings. The highest BCUT2D eigenvalue weighted by atomic mass is 32.2. The predicted molar refractivity (Wildman–Crippen MR) is 156 cm³/mol. The number of aliphatic carboxylic acids is 1. The van der Waals surface area contributed by atoms with E-state index in [1.807, 2.05) is 0 Å². The lowest BCUT2D eigenvalue weighted by Crippen LogP contribution is -2.39. The van der Waals surface area contributed by atoms with Crippen molar-refractivity contribution < 1.29 is 38.6 Å². The molecule has 3 amide bonds. The summed E-state index contributed by atoms with van der Waals surface area (Å²) in [5, 5.41) is 13.9. The lowest BCUT2D eigenvalue weighted by atomic mass is 10.0. The Hall–Kier alpha value is -3.84. The molecule has 2 heterocycles. The summed E-state index contributed by atoms with van der Waals surface area (Å²) in [5.74, 6) is -2.71. The number of rotatable bonds is 9. The van der Waals surface area contributed by atoms with E-state index in [0.29, 0.717) is 34.1 Å². The number of nitrogens with zero attached hydrogens (tertiary/aromatic N) is 1. The third kappa shape index (κ3) is 9.08. The van der Waals surface area contributed by atoms with E-state index >= 15 is 0 Å². The van der Waals surface area contributed by atoms with Gasteiger partial charge in [-0.1, -0.05) is 6.07 Å². The van der Waals surface area contributed by atoms with Gasteiger partial charge in [-0.05, 0) is 64.8 Å². The zero-order valence-electron chi connectivity index (χ0n) is 23.4. The van der Waals surface area contributed by atoms with Crippen LogP contribution < -0.4 is 10.6 Å². The average molecular weight is 604 g/mol. The first kappa shape index (κ1) is 31.7. The Balaban J connectivity index is 1.74. The highest BCUT2D eigenvalue weighted by Gasteiger charge is 2.33. The van der Waals surface area contributed by atoms with Crippen molar-refractivity contribution in [3.8, 4) is 0 Å². The van der Waals surface area contributed by atoms with Crippen LogP contribution in [-0.4, -0.2) is 63.9 Å². The summed E-state index contributed by atoms with van der Waals surface area (Å²) in [7, 11) is 0. The van der Waals surface area contributed by atoms with Crippen LogP contribution >= 0.6 is 23.1 Å². The first-order valence-corrected chi connectivity index (χ1v) is 14.6. The molecular weight excluding hydrogens is 570 g/mol. The van der Waals surface area contributed by atoms with E-state index < -0.39 is 34.8 Å². The third-order valence-corrected chi connectivity index (χ3v) is 7.81. The smallest absolute Gasteiger partial charge is 0.410 e. The topological polar surface area (TPSA) is 151 Å². The van der Waals surface area contributed by atoms with Gasteiger partial charge in [-0.3, -0.25) is 9.59 Å². The van der Waals surface area contributed by atoms with Crippen LogP contribution in [0.2, 0.25) is 0 Å². The number of ether oxygens (including phenoxy) is 2. The molecule has 3 rings (SSSR count). The molecule has 11 nitrogen and oxygen atoms in total. The van der Waals surface area contributed by atoms with Gasteiger partial charge in [0.05, 0.1) is 24.0 Å². The van der Waals surface area contributed by atoms with Gasteiger partial charge in [0.25, 0.3) is 0 Å². The van der Waals surface area contributed by atoms with Crippen molar-refractivity contribution in [3.63, 3.8) is 0 Å². The fraction of sp³-hybridized carbons (Fsp3) is 0.393. The molecule has 0 spiro atoms. The standard InChI is InChI=1S/C28H33N3O8S2/c1-6-38-26(36)23-19-12-13-31(27(37)39-28(3,4)5)15-20(19)41-25(23)30-24(35)16(2)40-18-9-7-8-17(14-18)29-21(32)10-11-22(33)34/h7-11,14,16H,6,12-13,15H2,1-5H3,(H,29,32)(H,30,35)(H,33,34)/b11-10+. The van der Waals surface area contributed by atoms with Crippen LogP contribution in [0.3, 0.4) is 0 Å². The maximum atomic E-state index is 13.2. The number of anilines is 2. The van der Waals surface area contributed by atoms with Crippen LogP contribution in [0.4, 0.5) is 15.5 Å². The number of hydrogen-bond acceptors (Lipinski definition) is 9. The molecule has 0 saturated heterocycles. The van der Waals surface area contributed by atoms with Crippen molar-refractivity contribution in [2.75, 3.05) is 23.8 Å². The number of benzene rings is 1. The fourth-order valence-electron chi connectivity index (χ4n) is 3.84. The van der Waals surface area contributed by atoms with Gasteiger partial charge in [0.15, 0.2) is 0 Å². The van der Waals surface area contributed by atoms with Gasteiger partial charge < -0.3 is 30.1 Å². The number of carbonyl (C=O) groups excluding carboxylic acids is 4. The number of nitrogens with one attached hydrogen (secondary N) is 2. The maximum absolute atomic E-state index is 13.2. The predicted octanol–water partition coefficient (Wildman–Crippen LogP) is 4.92. The Morgan fingerprint density at radius 1 is 1.17 bits per heavy atom. The second-order valence-electron chi connectivity index (χ2n) is 10.0. The molecule has 220 valence electrons. The van der Waals surface area contributed by atoms with Gasteiger partial charge in [0.2, 0.25) is 11.8 Å². The number of carboxylic acid groups (broad SMARTS) is 1. The van der Waals surface area contributed by atoms with E-state index in [1.165, 1.54) is 23.1 Å². The second-order valence-corrected chi connectivity index (χ2v) is 12.5. The highest BCUT2D eigenvalue weighted by Crippen LogP contribution is 2.38. The van der Waals surface area contributed by atoms with Crippen molar-refractivity contribution in [1.82, 2.24) is 4.90 Å². The van der Waals surface area contributed by atoms with Crippen molar-refractivity contribution >= 4 is 63.6 Å². The molecule has 1 unspecified atom stereocenters. The number of carbonyl (C=O) groups is 5. The monoisotopic (exact) mass is 603 g/mol. The summed E-state index contributed by atoms with van der Waals surface area (Å²) in [6, 6.07) is 6.78. The lowest BCUT2D eigenvalue weighted by molar-refractivity contribution is -0.131. The minimum absolute atomic E-state index is 0.173. The molecule has 0 radical (unpaired) electrons. The first-order chi connectivity index (χ1) is 19.3. The molecule has 0 fully saturated rings. The minimum atomic E-state index is -1.23. The Bertz CT molecular complexity index is 1360. The van der Waals surface area contributed by atoms with Crippen LogP contribution in [0.25, 0.3) is 0 Å². The minimum Gasteiger partial charge on any atom is -0.478 e. The van der Waals surface area contributed by atoms with Crippen LogP contribution in [-0.2, 0) is 36.8 Å². The molecular formula is C28H33N3O8S2. The molecule has 0 saturated carbocycles. The SMILES string of the molecule is CCOC(=O)c1c(NC(=O)C(C)Sc2cccc(NC(=O)/C=C/C(=O)O)c2)sc2c1CCN(C(=O)OC(C)(C)C)C2. The summed E-state index contributed by atoms with van der Waals surface area (Å²) in [4.78, 5) is 64.3. The molecule has 2 aromatic rings. The summed E-state index contributed by atoms with van der Waals surface area (Å²) in [6.07, 6.45) is 1.62. The first-order valence-electron chi connectivity index (χ1n) is 12.9. The van der Waals surface area contributed by atoms with Gasteiger partial charge >= 0.3 is 18.0 Å². The van der Waals surface area contributed by atoms with Crippen LogP contribution in [0.15, 0.2) is 41.3 Å². The van der Waals surface area contributed by atoms with Crippen LogP contribution in [0.1, 0.15) is 55.4 Å². The van der Waals surface area contributed by atoms with E-state index in [9.17, 15) is 24.0 Å². The molecule has 1 aliphatic heterocycles. The molecule has 1 atom stereocenters. The van der Waals surface area contributed by atoms with Gasteiger partial charge in [0.1, 0.15) is 10.6 Å². The van der Waals surface area contributed by atoms with Crippen molar-refractivity contribution in [2.24, 2.45) is 0 Å². The summed E-state index contributed by atoms with van der Waals surface area (Å²) in [6.45, 7) is 9.59. The van der Waals surface area contributed by atoms with Gasteiger partial charge in [0, 0.05) is 34.2 Å². The van der Waals surface area contributed by atoms with Crippen molar-refractivity contribution in [2.45, 2.75) is 63.3 Å². The molecule has 1 aromatic heterocycles. The summed E-state index contributed by atoms with van der Waals surface area (Å²) >= 11 is 2.48. The van der Waals surface area contributed by atoms with E-state index in [0.717, 1.165) is 22.6 Å². The lowest BCUT2D eigenvalue weighted by Gasteiger charge is -2.30. The number of esters is 1. The van der Waals surface area contributed by atoms with Crippen molar-refractivity contribution in [3.05, 3.63) is 52.4 Å². The largest absolute Gasteiger partial charge is 0.478 e. The quantitative estimate of drug-likeness (QED) is 0.206. The zero-order chi connectivity index (χ0) is 30.3. The molecule has 0 aliphatic carbocycles. The highest BCUT2D eigenvalue weighted by molar-refractivity contribution is 8.00. The van der Waals surface area contributed by atoms with E-state index in [1.54, 1.807) is 63.8 Å². The van der Waals surface area contributed by atoms with Gasteiger partial charge in [-0.25, -0.2) is 14.4 Å². The number of thiophene rings is 1. The number of fused-ring (bicyclic) bond motifs is 1. The maximum Gasteiger partial charge on any atom is 0.410 e. The third-order valence-electron chi connectivity index (χ3n) is 5.59. The van der Waals surface area contributed by atoms with E-state index in [4.69, 9.17) is 14.6 Å². The van der Waals surface area contributed by atoms with Crippen LogP contribution in [0, 0.1) is 0 Å². The number of hydrogen-bond donors (Lipinski definition) is 3. The number of thioether (sulfide) groups is 1. The second kappa shape index (κ2) is 13.7. The molecule has 13 heteroatoms. The Labute approximate surface area is 246 Å². The van der Waals surface area contributed by atoms with E-state index in [2.05, 4.69) is 10.6 Å². The zero-order valence-corrected chi connectivity index (χ0v) is 25.1. The fourth-order valence-corrected chi connectivity index (χ4v) is 6.02. The summed E-state index contributed by atoms with van der Waals surface area (Å²) < 4.78 is 10.8. The average Bonchev–Trinajstić information content (AvgIpc) is 3.23. The van der Waals surface area contributed by atoms with Gasteiger partial charge in [-0.2, -0.15) is 0 Å². The van der Waals surface area contributed by atoms with Gasteiger partial charge in [-0.15, -0.1) is 23.1 Å². The molecule has 0 bridgehead atoms. The Kier molecular flexibility index (Phi) is 10.6. The Morgan fingerprint density at radius 2 is 1.90 bits per heavy atom. The van der Waals surface area contributed by atoms with Crippen LogP contribution in [0.5, 0.6) is 0 Å². The van der Waals surface area contributed by atoms with E-state index in [-0.39, 0.29) is 19.1 Å². The molecule has 41 heavy (non-hydrogen) atoms. The van der Waals surface area contributed by atoms with Crippen molar-refractivity contribution in [1.29, 1.82) is 0 Å².